The van der Waals surface area contributed by atoms with Gasteiger partial charge in [-0.25, -0.2) is 9.37 Å². The maximum absolute atomic E-state index is 13.5. The van der Waals surface area contributed by atoms with Crippen LogP contribution in [0.4, 0.5) is 4.39 Å². The van der Waals surface area contributed by atoms with Crippen LogP contribution < -0.4 is 0 Å². The summed E-state index contributed by atoms with van der Waals surface area (Å²) in [5.74, 6) is 0.198. The van der Waals surface area contributed by atoms with E-state index in [1.165, 1.54) is 12.1 Å². The fourth-order valence-corrected chi connectivity index (χ4v) is 2.04. The van der Waals surface area contributed by atoms with E-state index in [0.717, 1.165) is 11.8 Å². The van der Waals surface area contributed by atoms with Gasteiger partial charge in [0.25, 0.3) is 0 Å². The van der Waals surface area contributed by atoms with Crippen molar-refractivity contribution in [2.24, 2.45) is 0 Å². The molecule has 4 nitrogen and oxygen atoms in total. The highest BCUT2D eigenvalue weighted by Crippen LogP contribution is 2.29. The van der Waals surface area contributed by atoms with E-state index in [4.69, 9.17) is 0 Å². The van der Waals surface area contributed by atoms with Crippen LogP contribution in [0.2, 0.25) is 0 Å². The van der Waals surface area contributed by atoms with Gasteiger partial charge in [0.15, 0.2) is 6.29 Å². The Morgan fingerprint density at radius 2 is 2.31 bits per heavy atom. The molecular weight excluding hydrogens is 229 g/mol. The minimum Gasteiger partial charge on any atom is -0.298 e. The van der Waals surface area contributed by atoms with E-state index in [1.54, 1.807) is 13.0 Å². The minimum atomic E-state index is -0.447. The molecule has 0 aliphatic rings. The number of carbonyl (C=O) groups is 1. The number of aromatic amines is 1. The number of benzene rings is 1. The Morgan fingerprint density at radius 3 is 2.94 bits per heavy atom. The van der Waals surface area contributed by atoms with Crippen LogP contribution in [0.25, 0.3) is 0 Å². The summed E-state index contributed by atoms with van der Waals surface area (Å²) in [4.78, 5) is 15.0. The van der Waals surface area contributed by atoms with Crippen molar-refractivity contribution >= 4 is 18.0 Å². The third-order valence-corrected chi connectivity index (χ3v) is 2.89. The molecule has 0 bridgehead atoms. The van der Waals surface area contributed by atoms with Crippen molar-refractivity contribution in [3.05, 3.63) is 35.4 Å². The van der Waals surface area contributed by atoms with E-state index in [1.807, 2.05) is 0 Å². The molecule has 0 aliphatic carbocycles. The van der Waals surface area contributed by atoms with Crippen LogP contribution >= 0.6 is 11.8 Å². The van der Waals surface area contributed by atoms with Gasteiger partial charge < -0.3 is 0 Å². The molecule has 2 rings (SSSR count). The van der Waals surface area contributed by atoms with Crippen molar-refractivity contribution < 1.29 is 9.18 Å². The lowest BCUT2D eigenvalue weighted by Crippen LogP contribution is -1.90. The molecule has 0 saturated carbocycles. The Morgan fingerprint density at radius 1 is 1.50 bits per heavy atom. The molecule has 16 heavy (non-hydrogen) atoms. The number of nitrogens with zero attached hydrogens (tertiary/aromatic N) is 2. The molecule has 0 unspecified atom stereocenters. The molecule has 1 N–H and O–H groups in total. The van der Waals surface area contributed by atoms with Gasteiger partial charge in [0.05, 0.1) is 4.90 Å². The Bertz CT molecular complexity index is 527. The zero-order valence-electron chi connectivity index (χ0n) is 8.40. The van der Waals surface area contributed by atoms with E-state index < -0.39 is 5.82 Å². The van der Waals surface area contributed by atoms with Crippen molar-refractivity contribution in [3.63, 3.8) is 0 Å². The van der Waals surface area contributed by atoms with Crippen LogP contribution in [0.3, 0.4) is 0 Å². The molecule has 0 aliphatic heterocycles. The molecule has 1 aromatic heterocycles. The van der Waals surface area contributed by atoms with Gasteiger partial charge in [-0.2, -0.15) is 0 Å². The topological polar surface area (TPSA) is 58.6 Å². The zero-order chi connectivity index (χ0) is 11.5. The number of carbonyl (C=O) groups excluding carboxylic acids is 1. The van der Waals surface area contributed by atoms with E-state index in [2.05, 4.69) is 15.2 Å². The summed E-state index contributed by atoms with van der Waals surface area (Å²) in [5.41, 5.74) is 0.299. The first kappa shape index (κ1) is 10.8. The summed E-state index contributed by atoms with van der Waals surface area (Å²) in [5, 5.41) is 6.92. The first-order valence-electron chi connectivity index (χ1n) is 4.51. The number of hydrogen-bond donors (Lipinski definition) is 1. The van der Waals surface area contributed by atoms with Crippen LogP contribution in [0.5, 0.6) is 0 Å². The van der Waals surface area contributed by atoms with Gasteiger partial charge in [0, 0.05) is 5.56 Å². The van der Waals surface area contributed by atoms with Gasteiger partial charge in [-0.1, -0.05) is 12.1 Å². The Labute approximate surface area is 95.3 Å². The Kier molecular flexibility index (Phi) is 3.00. The number of aldehydes is 1. The number of aryl methyl sites for hydroxylation is 1. The first-order valence-corrected chi connectivity index (χ1v) is 5.33. The third kappa shape index (κ3) is 2.11. The number of nitrogens with one attached hydrogen (secondary N) is 1. The highest BCUT2D eigenvalue weighted by Gasteiger charge is 2.12. The van der Waals surface area contributed by atoms with Crippen molar-refractivity contribution in [2.45, 2.75) is 17.0 Å². The van der Waals surface area contributed by atoms with Gasteiger partial charge in [0.1, 0.15) is 11.6 Å². The second kappa shape index (κ2) is 4.44. The van der Waals surface area contributed by atoms with Gasteiger partial charge >= 0.3 is 0 Å². The molecular formula is C10H8FN3OS. The molecule has 0 saturated heterocycles. The SMILES string of the molecule is Cc1nc(Sc2c(F)cccc2C=O)n[nH]1. The number of halogens is 1. The third-order valence-electron chi connectivity index (χ3n) is 1.89. The standard InChI is InChI=1S/C10H8FN3OS/c1-6-12-10(14-13-6)16-9-7(5-15)3-2-4-8(9)11/h2-5H,1H3,(H,12,13,14). The van der Waals surface area contributed by atoms with Crippen LogP contribution in [0.1, 0.15) is 16.2 Å². The fourth-order valence-electron chi connectivity index (χ4n) is 1.19. The predicted octanol–water partition coefficient (Wildman–Crippen LogP) is 2.22. The summed E-state index contributed by atoms with van der Waals surface area (Å²) in [7, 11) is 0. The van der Waals surface area contributed by atoms with E-state index in [9.17, 15) is 9.18 Å². The van der Waals surface area contributed by atoms with Gasteiger partial charge in [0.2, 0.25) is 5.16 Å². The van der Waals surface area contributed by atoms with Gasteiger partial charge in [-0.3, -0.25) is 9.89 Å². The maximum atomic E-state index is 13.5. The van der Waals surface area contributed by atoms with Crippen molar-refractivity contribution in [1.82, 2.24) is 15.2 Å². The van der Waals surface area contributed by atoms with Gasteiger partial charge in [-0.05, 0) is 24.8 Å². The highest BCUT2D eigenvalue weighted by molar-refractivity contribution is 7.99. The lowest BCUT2D eigenvalue weighted by molar-refractivity contribution is 0.112. The average molecular weight is 237 g/mol. The molecule has 1 aromatic carbocycles. The predicted molar refractivity (Wildman–Crippen MR) is 57.0 cm³/mol. The van der Waals surface area contributed by atoms with Crippen molar-refractivity contribution in [3.8, 4) is 0 Å². The van der Waals surface area contributed by atoms with Crippen molar-refractivity contribution in [2.75, 3.05) is 0 Å². The number of hydrogen-bond acceptors (Lipinski definition) is 4. The Hall–Kier alpha value is -1.69. The number of rotatable bonds is 3. The van der Waals surface area contributed by atoms with Crippen molar-refractivity contribution in [1.29, 1.82) is 0 Å². The maximum Gasteiger partial charge on any atom is 0.213 e. The largest absolute Gasteiger partial charge is 0.298 e. The molecule has 0 radical (unpaired) electrons. The quantitative estimate of drug-likeness (QED) is 0.831. The normalized spacial score (nSPS) is 10.4. The van der Waals surface area contributed by atoms with Crippen LogP contribution in [0.15, 0.2) is 28.3 Å². The summed E-state index contributed by atoms with van der Waals surface area (Å²) < 4.78 is 13.5. The summed E-state index contributed by atoms with van der Waals surface area (Å²) in [6.07, 6.45) is 0.616. The number of aromatic nitrogens is 3. The Balaban J connectivity index is 2.37. The van der Waals surface area contributed by atoms with E-state index >= 15 is 0 Å². The van der Waals surface area contributed by atoms with Crippen LogP contribution in [-0.4, -0.2) is 21.5 Å². The lowest BCUT2D eigenvalue weighted by atomic mass is 10.2. The molecule has 82 valence electrons. The summed E-state index contributed by atoms with van der Waals surface area (Å²) in [6.45, 7) is 1.75. The molecule has 0 spiro atoms. The van der Waals surface area contributed by atoms with E-state index in [0.29, 0.717) is 22.8 Å². The number of H-pyrrole nitrogens is 1. The van der Waals surface area contributed by atoms with Crippen LogP contribution in [0, 0.1) is 12.7 Å². The molecule has 0 fully saturated rings. The molecule has 2 aromatic rings. The summed E-state index contributed by atoms with van der Waals surface area (Å²) in [6, 6.07) is 4.35. The molecule has 0 amide bonds. The molecule has 6 heteroatoms. The molecule has 1 heterocycles. The highest BCUT2D eigenvalue weighted by atomic mass is 32.2. The lowest BCUT2D eigenvalue weighted by Gasteiger charge is -2.02. The second-order valence-electron chi connectivity index (χ2n) is 3.08. The average Bonchev–Trinajstić information content (AvgIpc) is 2.67. The summed E-state index contributed by atoms with van der Waals surface area (Å²) >= 11 is 1.03. The monoisotopic (exact) mass is 237 g/mol. The first-order chi connectivity index (χ1) is 7.70. The van der Waals surface area contributed by atoms with E-state index in [-0.39, 0.29) is 4.90 Å². The fraction of sp³-hybridized carbons (Fsp3) is 0.100. The smallest absolute Gasteiger partial charge is 0.213 e. The minimum absolute atomic E-state index is 0.247. The molecule has 0 atom stereocenters. The van der Waals surface area contributed by atoms with Crippen LogP contribution in [-0.2, 0) is 0 Å². The second-order valence-corrected chi connectivity index (χ2v) is 4.06. The van der Waals surface area contributed by atoms with Gasteiger partial charge in [-0.15, -0.1) is 5.10 Å². The zero-order valence-corrected chi connectivity index (χ0v) is 9.21.